The van der Waals surface area contributed by atoms with Gasteiger partial charge < -0.3 is 10.4 Å². The molecule has 3 aliphatic heterocycles. The summed E-state index contributed by atoms with van der Waals surface area (Å²) < 4.78 is 0. The number of benzene rings is 1. The SMILES string of the molecule is C/C=C1\CN2CCC34C(=C(C=O)C1C[C@@H]23)Nc1c(O)cccc14. The van der Waals surface area contributed by atoms with Gasteiger partial charge in [0, 0.05) is 36.3 Å². The van der Waals surface area contributed by atoms with E-state index in [2.05, 4.69) is 29.3 Å². The van der Waals surface area contributed by atoms with Gasteiger partial charge in [-0.1, -0.05) is 23.8 Å². The highest BCUT2D eigenvalue weighted by Gasteiger charge is 2.61. The molecule has 0 amide bonds. The molecule has 4 nitrogen and oxygen atoms in total. The summed E-state index contributed by atoms with van der Waals surface area (Å²) in [5.74, 6) is 0.507. The summed E-state index contributed by atoms with van der Waals surface area (Å²) in [6, 6.07) is 6.18. The molecule has 1 spiro atoms. The lowest BCUT2D eigenvalue weighted by Gasteiger charge is -2.48. The smallest absolute Gasteiger partial charge is 0.148 e. The largest absolute Gasteiger partial charge is 0.506 e. The van der Waals surface area contributed by atoms with E-state index in [1.165, 1.54) is 11.1 Å². The quantitative estimate of drug-likeness (QED) is 0.476. The van der Waals surface area contributed by atoms with Crippen LogP contribution in [-0.2, 0) is 10.2 Å². The van der Waals surface area contributed by atoms with Crippen molar-refractivity contribution in [2.24, 2.45) is 5.92 Å². The summed E-state index contributed by atoms with van der Waals surface area (Å²) in [6.45, 7) is 4.08. The number of para-hydroxylation sites is 1. The van der Waals surface area contributed by atoms with Crippen LogP contribution < -0.4 is 5.32 Å². The molecule has 0 aromatic heterocycles. The molecule has 0 radical (unpaired) electrons. The second-order valence-electron chi connectivity index (χ2n) is 7.13. The maximum Gasteiger partial charge on any atom is 0.148 e. The van der Waals surface area contributed by atoms with Gasteiger partial charge in [0.2, 0.25) is 0 Å². The van der Waals surface area contributed by atoms with E-state index in [1.807, 2.05) is 6.07 Å². The number of fused-ring (bicyclic) bond motifs is 2. The highest BCUT2D eigenvalue weighted by molar-refractivity contribution is 5.86. The van der Waals surface area contributed by atoms with Crippen LogP contribution in [0.4, 0.5) is 5.69 Å². The van der Waals surface area contributed by atoms with E-state index >= 15 is 0 Å². The van der Waals surface area contributed by atoms with Crippen molar-refractivity contribution in [1.82, 2.24) is 4.90 Å². The van der Waals surface area contributed by atoms with Gasteiger partial charge in [-0.3, -0.25) is 9.69 Å². The van der Waals surface area contributed by atoms with E-state index in [-0.39, 0.29) is 17.1 Å². The van der Waals surface area contributed by atoms with Crippen molar-refractivity contribution < 1.29 is 9.90 Å². The second-order valence-corrected chi connectivity index (χ2v) is 7.13. The highest BCUT2D eigenvalue weighted by atomic mass is 16.3. The number of aromatic hydroxyl groups is 1. The van der Waals surface area contributed by atoms with Gasteiger partial charge in [0.25, 0.3) is 0 Å². The number of carbonyl (C=O) groups is 1. The molecule has 1 aromatic rings. The molecule has 1 aliphatic carbocycles. The average molecular weight is 308 g/mol. The molecule has 2 fully saturated rings. The number of carbonyl (C=O) groups excluding carboxylic acids is 1. The Hall–Kier alpha value is -2.07. The summed E-state index contributed by atoms with van der Waals surface area (Å²) in [6.07, 6.45) is 5.24. The number of hydrogen-bond acceptors (Lipinski definition) is 4. The fourth-order valence-corrected chi connectivity index (χ4v) is 5.50. The molecule has 23 heavy (non-hydrogen) atoms. The van der Waals surface area contributed by atoms with Gasteiger partial charge in [-0.25, -0.2) is 0 Å². The number of rotatable bonds is 1. The predicted molar refractivity (Wildman–Crippen MR) is 88.3 cm³/mol. The molecule has 2 unspecified atom stereocenters. The van der Waals surface area contributed by atoms with Crippen molar-refractivity contribution in [2.75, 3.05) is 18.4 Å². The number of nitrogens with one attached hydrogen (secondary N) is 1. The van der Waals surface area contributed by atoms with E-state index in [0.29, 0.717) is 6.04 Å². The Kier molecular flexibility index (Phi) is 2.48. The Morgan fingerprint density at radius 2 is 2.30 bits per heavy atom. The Morgan fingerprint density at radius 3 is 3.09 bits per heavy atom. The molecule has 3 atom stereocenters. The van der Waals surface area contributed by atoms with E-state index in [4.69, 9.17) is 0 Å². The monoisotopic (exact) mass is 308 g/mol. The molecule has 5 rings (SSSR count). The lowest BCUT2D eigenvalue weighted by molar-refractivity contribution is -0.105. The van der Waals surface area contributed by atoms with Crippen LogP contribution in [0.25, 0.3) is 0 Å². The van der Waals surface area contributed by atoms with E-state index in [9.17, 15) is 9.90 Å². The molecule has 2 N–H and O–H groups in total. The van der Waals surface area contributed by atoms with Crippen LogP contribution in [0.2, 0.25) is 0 Å². The first-order valence-electron chi connectivity index (χ1n) is 8.39. The molecular weight excluding hydrogens is 288 g/mol. The molecule has 0 saturated carbocycles. The Labute approximate surface area is 135 Å². The summed E-state index contributed by atoms with van der Waals surface area (Å²) in [5.41, 5.74) is 5.13. The van der Waals surface area contributed by atoms with Gasteiger partial charge in [-0.05, 0) is 31.4 Å². The predicted octanol–water partition coefficient (Wildman–Crippen LogP) is 2.56. The molecule has 118 valence electrons. The number of nitrogens with zero attached hydrogens (tertiary/aromatic N) is 1. The van der Waals surface area contributed by atoms with Gasteiger partial charge in [0.05, 0.1) is 11.1 Å². The van der Waals surface area contributed by atoms with Gasteiger partial charge in [-0.15, -0.1) is 0 Å². The molecular formula is C19H20N2O2. The van der Waals surface area contributed by atoms with Gasteiger partial charge in [-0.2, -0.15) is 0 Å². The van der Waals surface area contributed by atoms with Gasteiger partial charge >= 0.3 is 0 Å². The first kappa shape index (κ1) is 13.4. The maximum atomic E-state index is 12.0. The lowest BCUT2D eigenvalue weighted by Crippen LogP contribution is -2.52. The summed E-state index contributed by atoms with van der Waals surface area (Å²) >= 11 is 0. The number of aldehydes is 1. The third-order valence-corrected chi connectivity index (χ3v) is 6.48. The Balaban J connectivity index is 1.84. The van der Waals surface area contributed by atoms with Crippen LogP contribution in [0, 0.1) is 5.92 Å². The van der Waals surface area contributed by atoms with E-state index in [0.717, 1.165) is 49.2 Å². The molecule has 2 saturated heterocycles. The first-order chi connectivity index (χ1) is 11.2. The number of phenolic OH excluding ortho intramolecular Hbond substituents is 1. The standard InChI is InChI=1S/C19H20N2O2/c1-2-11-9-21-7-6-19-14-4-3-5-15(23)17(14)20-18(19)13(10-22)12(11)8-16(19)21/h2-5,10,12,16,20,23H,6-9H2,1H3/b11-2+/t12?,16-,19?/m1/s1. The Bertz CT molecular complexity index is 795. The fourth-order valence-electron chi connectivity index (χ4n) is 5.50. The Morgan fingerprint density at radius 1 is 1.43 bits per heavy atom. The van der Waals surface area contributed by atoms with Gasteiger partial charge in [0.15, 0.2) is 0 Å². The molecule has 1 aromatic carbocycles. The zero-order valence-corrected chi connectivity index (χ0v) is 13.2. The van der Waals surface area contributed by atoms with E-state index in [1.54, 1.807) is 6.07 Å². The van der Waals surface area contributed by atoms with E-state index < -0.39 is 0 Å². The zero-order valence-electron chi connectivity index (χ0n) is 13.2. The number of phenols is 1. The van der Waals surface area contributed by atoms with Crippen molar-refractivity contribution >= 4 is 12.0 Å². The van der Waals surface area contributed by atoms with Crippen LogP contribution in [0.1, 0.15) is 25.3 Å². The summed E-state index contributed by atoms with van der Waals surface area (Å²) in [5, 5.41) is 13.7. The fraction of sp³-hybridized carbons (Fsp3) is 0.421. The number of anilines is 1. The van der Waals surface area contributed by atoms with Crippen LogP contribution in [-0.4, -0.2) is 35.4 Å². The normalized spacial score (nSPS) is 36.0. The average Bonchev–Trinajstić information content (AvgIpc) is 3.12. The first-order valence-corrected chi connectivity index (χ1v) is 8.39. The van der Waals surface area contributed by atoms with Crippen LogP contribution in [0.15, 0.2) is 41.1 Å². The second kappa shape index (κ2) is 4.26. The van der Waals surface area contributed by atoms with Crippen molar-refractivity contribution in [3.8, 4) is 5.75 Å². The summed E-state index contributed by atoms with van der Waals surface area (Å²) in [4.78, 5) is 14.5. The third kappa shape index (κ3) is 1.39. The highest BCUT2D eigenvalue weighted by Crippen LogP contribution is 2.61. The molecule has 3 heterocycles. The number of piperidine rings is 1. The van der Waals surface area contributed by atoms with Crippen molar-refractivity contribution in [2.45, 2.75) is 31.2 Å². The van der Waals surface area contributed by atoms with Crippen molar-refractivity contribution in [3.05, 3.63) is 46.7 Å². The van der Waals surface area contributed by atoms with Crippen LogP contribution in [0.5, 0.6) is 5.75 Å². The molecule has 2 bridgehead atoms. The summed E-state index contributed by atoms with van der Waals surface area (Å²) in [7, 11) is 0. The lowest BCUT2D eigenvalue weighted by atomic mass is 9.62. The topological polar surface area (TPSA) is 52.6 Å². The van der Waals surface area contributed by atoms with Crippen LogP contribution >= 0.6 is 0 Å². The minimum Gasteiger partial charge on any atom is -0.506 e. The molecule has 4 aliphatic rings. The third-order valence-electron chi connectivity index (χ3n) is 6.48. The minimum absolute atomic E-state index is 0.139. The maximum absolute atomic E-state index is 12.0. The van der Waals surface area contributed by atoms with Crippen molar-refractivity contribution in [3.63, 3.8) is 0 Å². The molecule has 4 heteroatoms. The minimum atomic E-state index is -0.139. The van der Waals surface area contributed by atoms with Gasteiger partial charge in [0.1, 0.15) is 12.0 Å². The number of allylic oxidation sites excluding steroid dienone is 2. The van der Waals surface area contributed by atoms with Crippen molar-refractivity contribution in [1.29, 1.82) is 0 Å². The number of hydrogen-bond donors (Lipinski definition) is 2. The van der Waals surface area contributed by atoms with Crippen LogP contribution in [0.3, 0.4) is 0 Å². The zero-order chi connectivity index (χ0) is 15.8.